The average Bonchev–Trinajstić information content (AvgIpc) is 2.57. The van der Waals surface area contributed by atoms with Crippen LogP contribution in [0.5, 0.6) is 0 Å². The topological polar surface area (TPSA) is 66.1 Å². The number of hydrogen-bond acceptors (Lipinski definition) is 5. The van der Waals surface area contributed by atoms with Gasteiger partial charge >= 0.3 is 0 Å². The van der Waals surface area contributed by atoms with Crippen molar-refractivity contribution in [3.63, 3.8) is 0 Å². The van der Waals surface area contributed by atoms with E-state index in [-0.39, 0.29) is 12.1 Å². The van der Waals surface area contributed by atoms with Crippen molar-refractivity contribution in [3.05, 3.63) is 59.5 Å². The van der Waals surface area contributed by atoms with E-state index >= 15 is 0 Å². The number of nitrogens with two attached hydrogens (primary N) is 1. The summed E-state index contributed by atoms with van der Waals surface area (Å²) in [7, 11) is 3.26. The van der Waals surface area contributed by atoms with Gasteiger partial charge in [-0.05, 0) is 37.6 Å². The summed E-state index contributed by atoms with van der Waals surface area (Å²) in [5.74, 6) is 2.91. The Morgan fingerprint density at radius 1 is 1.48 bits per heavy atom. The number of fused-ring (bicyclic) bond motifs is 1. The second kappa shape index (κ2) is 7.83. The quantitative estimate of drug-likeness (QED) is 0.579. The number of methoxy groups -OCH3 is 2. The number of hydrogen-bond donors (Lipinski definition) is 1. The molecule has 0 radical (unpaired) electrons. The molecule has 0 aromatic carbocycles. The molecule has 5 nitrogen and oxygen atoms in total. The summed E-state index contributed by atoms with van der Waals surface area (Å²) in [4.78, 5) is 4.49. The third-order valence-electron chi connectivity index (χ3n) is 3.66. The van der Waals surface area contributed by atoms with Gasteiger partial charge in [-0.1, -0.05) is 6.58 Å². The highest BCUT2D eigenvalue weighted by Crippen LogP contribution is 2.34. The van der Waals surface area contributed by atoms with Gasteiger partial charge in [0.15, 0.2) is 5.76 Å². The van der Waals surface area contributed by atoms with Crippen LogP contribution < -0.4 is 5.73 Å². The zero-order valence-corrected chi connectivity index (χ0v) is 13.9. The normalized spacial score (nSPS) is 21.9. The molecule has 0 aromatic heterocycles. The Hall–Kier alpha value is -2.27. The highest BCUT2D eigenvalue weighted by Gasteiger charge is 2.29. The fourth-order valence-electron chi connectivity index (χ4n) is 2.43. The molecule has 5 heteroatoms. The molecule has 2 atom stereocenters. The number of dihydropyridines is 1. The van der Waals surface area contributed by atoms with Crippen LogP contribution in [0.15, 0.2) is 64.5 Å². The number of allylic oxidation sites excluding steroid dienone is 3. The molecule has 124 valence electrons. The molecule has 0 fully saturated rings. The maximum absolute atomic E-state index is 5.99. The average molecular weight is 316 g/mol. The molecule has 1 heterocycles. The first-order chi connectivity index (χ1) is 11.1. The Morgan fingerprint density at radius 3 is 2.87 bits per heavy atom. The van der Waals surface area contributed by atoms with Gasteiger partial charge in [0, 0.05) is 24.3 Å². The first-order valence-corrected chi connectivity index (χ1v) is 7.61. The largest absolute Gasteiger partial charge is 0.497 e. The van der Waals surface area contributed by atoms with Crippen molar-refractivity contribution in [2.45, 2.75) is 31.8 Å². The predicted molar refractivity (Wildman–Crippen MR) is 91.7 cm³/mol. The van der Waals surface area contributed by atoms with Crippen LogP contribution in [0.3, 0.4) is 0 Å². The molecule has 2 rings (SSSR count). The minimum atomic E-state index is -0.0247. The van der Waals surface area contributed by atoms with Crippen LogP contribution in [0.1, 0.15) is 19.8 Å². The zero-order valence-electron chi connectivity index (χ0n) is 13.9. The number of rotatable bonds is 7. The predicted octanol–water partition coefficient (Wildman–Crippen LogP) is 2.98. The first kappa shape index (κ1) is 17.1. The Kier molecular flexibility index (Phi) is 5.82. The van der Waals surface area contributed by atoms with Crippen LogP contribution in [0, 0.1) is 0 Å². The van der Waals surface area contributed by atoms with Gasteiger partial charge < -0.3 is 19.9 Å². The molecule has 0 saturated carbocycles. The fraction of sp³-hybridized carbons (Fsp3) is 0.389. The molecule has 23 heavy (non-hydrogen) atoms. The molecule has 1 aliphatic carbocycles. The molecular weight excluding hydrogens is 292 g/mol. The van der Waals surface area contributed by atoms with E-state index in [0.29, 0.717) is 17.9 Å². The molecule has 2 N–H and O–H groups in total. The van der Waals surface area contributed by atoms with Gasteiger partial charge in [-0.2, -0.15) is 0 Å². The van der Waals surface area contributed by atoms with Crippen molar-refractivity contribution in [2.75, 3.05) is 14.2 Å². The van der Waals surface area contributed by atoms with E-state index in [0.717, 1.165) is 23.5 Å². The smallest absolute Gasteiger partial charge is 0.157 e. The molecule has 0 spiro atoms. The van der Waals surface area contributed by atoms with Gasteiger partial charge in [-0.25, -0.2) is 0 Å². The summed E-state index contributed by atoms with van der Waals surface area (Å²) in [6.07, 6.45) is 10.5. The van der Waals surface area contributed by atoms with Crippen molar-refractivity contribution in [3.8, 4) is 0 Å². The minimum Gasteiger partial charge on any atom is -0.497 e. The third kappa shape index (κ3) is 4.13. The van der Waals surface area contributed by atoms with Gasteiger partial charge in [0.1, 0.15) is 17.3 Å². The van der Waals surface area contributed by atoms with Crippen molar-refractivity contribution in [1.29, 1.82) is 0 Å². The molecule has 0 saturated heterocycles. The van der Waals surface area contributed by atoms with Gasteiger partial charge in [0.05, 0.1) is 20.3 Å². The lowest BCUT2D eigenvalue weighted by atomic mass is 9.93. The van der Waals surface area contributed by atoms with Crippen LogP contribution in [-0.4, -0.2) is 32.5 Å². The standard InChI is InChI=1S/C18H24N2O3/c1-5-13(7-6-12(2)19)23-16-8-9-20-15-11-18(22-4)17(21-3)10-14(15)16/h5,7-10,12,15H,1,6,11,19H2,2-4H3/b13-7+. The van der Waals surface area contributed by atoms with Crippen molar-refractivity contribution in [1.82, 2.24) is 0 Å². The van der Waals surface area contributed by atoms with Crippen LogP contribution in [0.4, 0.5) is 0 Å². The van der Waals surface area contributed by atoms with Gasteiger partial charge in [-0.15, -0.1) is 0 Å². The Labute approximate surface area is 137 Å². The third-order valence-corrected chi connectivity index (χ3v) is 3.66. The SMILES string of the molecule is C=C/C(=C\CC(C)N)OC1=CC=NC2CC(OC)=C(OC)C=C12. The van der Waals surface area contributed by atoms with Gasteiger partial charge in [-0.3, -0.25) is 4.99 Å². The molecule has 0 bridgehead atoms. The molecule has 0 aromatic rings. The molecule has 1 aliphatic heterocycles. The fourth-order valence-corrected chi connectivity index (χ4v) is 2.43. The van der Waals surface area contributed by atoms with E-state index < -0.39 is 0 Å². The lowest BCUT2D eigenvalue weighted by molar-refractivity contribution is 0.212. The van der Waals surface area contributed by atoms with Crippen molar-refractivity contribution >= 4 is 6.21 Å². The van der Waals surface area contributed by atoms with E-state index in [1.807, 2.05) is 25.2 Å². The summed E-state index contributed by atoms with van der Waals surface area (Å²) >= 11 is 0. The highest BCUT2D eigenvalue weighted by molar-refractivity contribution is 5.76. The summed E-state index contributed by atoms with van der Waals surface area (Å²) in [6.45, 7) is 5.75. The second-order valence-electron chi connectivity index (χ2n) is 5.47. The molecular formula is C18H24N2O3. The number of nitrogens with zero attached hydrogens (tertiary/aromatic N) is 1. The van der Waals surface area contributed by atoms with Crippen molar-refractivity contribution < 1.29 is 14.2 Å². The van der Waals surface area contributed by atoms with E-state index in [1.165, 1.54) is 0 Å². The number of ether oxygens (including phenoxy) is 3. The molecule has 2 aliphatic rings. The lowest BCUT2D eigenvalue weighted by Gasteiger charge is -2.27. The Morgan fingerprint density at radius 2 is 2.26 bits per heavy atom. The van der Waals surface area contributed by atoms with Gasteiger partial charge in [0.25, 0.3) is 0 Å². The monoisotopic (exact) mass is 316 g/mol. The number of aliphatic imine (C=N–C) groups is 1. The van der Waals surface area contributed by atoms with Crippen LogP contribution >= 0.6 is 0 Å². The van der Waals surface area contributed by atoms with E-state index in [9.17, 15) is 0 Å². The molecule has 0 amide bonds. The summed E-state index contributed by atoms with van der Waals surface area (Å²) in [5, 5.41) is 0. The van der Waals surface area contributed by atoms with E-state index in [1.54, 1.807) is 26.5 Å². The van der Waals surface area contributed by atoms with Gasteiger partial charge in [0.2, 0.25) is 0 Å². The summed E-state index contributed by atoms with van der Waals surface area (Å²) in [6, 6.07) is 0.0488. The lowest BCUT2D eigenvalue weighted by Crippen LogP contribution is -2.21. The summed E-state index contributed by atoms with van der Waals surface area (Å²) in [5.41, 5.74) is 6.75. The van der Waals surface area contributed by atoms with Crippen molar-refractivity contribution in [2.24, 2.45) is 10.7 Å². The Bertz CT molecular complexity index is 610. The maximum atomic E-state index is 5.99. The molecule has 2 unspecified atom stereocenters. The highest BCUT2D eigenvalue weighted by atomic mass is 16.5. The second-order valence-corrected chi connectivity index (χ2v) is 5.47. The maximum Gasteiger partial charge on any atom is 0.157 e. The van der Waals surface area contributed by atoms with Crippen LogP contribution in [0.25, 0.3) is 0 Å². The van der Waals surface area contributed by atoms with Crippen LogP contribution in [-0.2, 0) is 14.2 Å². The zero-order chi connectivity index (χ0) is 16.8. The van der Waals surface area contributed by atoms with E-state index in [4.69, 9.17) is 19.9 Å². The minimum absolute atomic E-state index is 0.0247. The Balaban J connectivity index is 2.25. The summed E-state index contributed by atoms with van der Waals surface area (Å²) < 4.78 is 16.8. The van der Waals surface area contributed by atoms with Crippen LogP contribution in [0.2, 0.25) is 0 Å². The first-order valence-electron chi connectivity index (χ1n) is 7.61. The van der Waals surface area contributed by atoms with E-state index in [2.05, 4.69) is 11.6 Å².